The van der Waals surface area contributed by atoms with Crippen molar-refractivity contribution in [2.45, 2.75) is 13.3 Å². The van der Waals surface area contributed by atoms with Gasteiger partial charge in [0, 0.05) is 20.5 Å². The fourth-order valence-corrected chi connectivity index (χ4v) is 0.532. The lowest BCUT2D eigenvalue weighted by Gasteiger charge is -2.11. The lowest BCUT2D eigenvalue weighted by atomic mass is 10.1. The van der Waals surface area contributed by atoms with Crippen LogP contribution in [0.5, 0.6) is 0 Å². The molecule has 0 saturated carbocycles. The van der Waals surface area contributed by atoms with Crippen LogP contribution in [0.1, 0.15) is 13.3 Å². The van der Waals surface area contributed by atoms with Crippen LogP contribution in [-0.2, 0) is 9.59 Å². The van der Waals surface area contributed by atoms with Gasteiger partial charge in [0.05, 0.1) is 5.92 Å². The lowest BCUT2D eigenvalue weighted by molar-refractivity contribution is -0.144. The first-order valence-electron chi connectivity index (χ1n) is 3.38. The number of rotatable bonds is 3. The van der Waals surface area contributed by atoms with Gasteiger partial charge in [0.25, 0.3) is 0 Å². The molecule has 0 heterocycles. The highest BCUT2D eigenvalue weighted by atomic mass is 16.4. The number of aliphatic carboxylic acids is 1. The molecule has 64 valence electrons. The number of carboxylic acid groups (broad SMARTS) is 1. The van der Waals surface area contributed by atoms with Gasteiger partial charge in [-0.2, -0.15) is 0 Å². The summed E-state index contributed by atoms with van der Waals surface area (Å²) in [6.07, 6.45) is 0.0718. The summed E-state index contributed by atoms with van der Waals surface area (Å²) in [6, 6.07) is 0. The predicted molar refractivity (Wildman–Crippen MR) is 40.1 cm³/mol. The molecule has 0 rings (SSSR count). The molecular formula is C7H13NO3. The third-order valence-electron chi connectivity index (χ3n) is 1.40. The molecule has 0 radical (unpaired) electrons. The van der Waals surface area contributed by atoms with Crippen LogP contribution >= 0.6 is 0 Å². The molecule has 4 nitrogen and oxygen atoms in total. The molecule has 1 N–H and O–H groups in total. The Labute approximate surface area is 65.8 Å². The van der Waals surface area contributed by atoms with Crippen LogP contribution in [0.3, 0.4) is 0 Å². The fourth-order valence-electron chi connectivity index (χ4n) is 0.532. The van der Waals surface area contributed by atoms with Crippen molar-refractivity contribution in [3.8, 4) is 0 Å². The van der Waals surface area contributed by atoms with E-state index in [-0.39, 0.29) is 12.3 Å². The van der Waals surface area contributed by atoms with Crippen LogP contribution in [0, 0.1) is 5.92 Å². The second-order valence-electron chi connectivity index (χ2n) is 2.73. The molecule has 4 heteroatoms. The van der Waals surface area contributed by atoms with Crippen molar-refractivity contribution in [2.24, 2.45) is 5.92 Å². The zero-order valence-electron chi connectivity index (χ0n) is 7.00. The maximum atomic E-state index is 10.9. The van der Waals surface area contributed by atoms with E-state index in [4.69, 9.17) is 5.11 Å². The molecule has 0 aromatic rings. The van der Waals surface area contributed by atoms with Crippen molar-refractivity contribution >= 4 is 11.9 Å². The van der Waals surface area contributed by atoms with Crippen LogP contribution in [0.4, 0.5) is 0 Å². The number of carboxylic acids is 1. The van der Waals surface area contributed by atoms with Crippen LogP contribution in [-0.4, -0.2) is 36.0 Å². The number of hydrogen-bond acceptors (Lipinski definition) is 2. The van der Waals surface area contributed by atoms with E-state index in [1.165, 1.54) is 11.8 Å². The molecule has 1 amide bonds. The number of hydrogen-bond donors (Lipinski definition) is 1. The highest BCUT2D eigenvalue weighted by molar-refractivity contribution is 5.81. The monoisotopic (exact) mass is 159 g/mol. The first kappa shape index (κ1) is 9.94. The van der Waals surface area contributed by atoms with Crippen LogP contribution in [0.15, 0.2) is 0 Å². The molecule has 0 aliphatic rings. The number of carbonyl (C=O) groups is 2. The first-order chi connectivity index (χ1) is 4.95. The molecule has 0 spiro atoms. The summed E-state index contributed by atoms with van der Waals surface area (Å²) in [5, 5.41) is 8.44. The summed E-state index contributed by atoms with van der Waals surface area (Å²) < 4.78 is 0. The Kier molecular flexibility index (Phi) is 3.57. The topological polar surface area (TPSA) is 57.6 Å². The van der Waals surface area contributed by atoms with E-state index in [2.05, 4.69) is 0 Å². The summed E-state index contributed by atoms with van der Waals surface area (Å²) in [5.41, 5.74) is 0. The van der Waals surface area contributed by atoms with Gasteiger partial charge in [-0.25, -0.2) is 0 Å². The van der Waals surface area contributed by atoms with E-state index in [0.717, 1.165) is 0 Å². The van der Waals surface area contributed by atoms with Crippen molar-refractivity contribution in [1.82, 2.24) is 4.90 Å². The quantitative estimate of drug-likeness (QED) is 0.639. The summed E-state index contributed by atoms with van der Waals surface area (Å²) in [7, 11) is 3.22. The summed E-state index contributed by atoms with van der Waals surface area (Å²) in [6.45, 7) is 1.52. The highest BCUT2D eigenvalue weighted by Gasteiger charge is 2.16. The van der Waals surface area contributed by atoms with Gasteiger partial charge < -0.3 is 10.0 Å². The average Bonchev–Trinajstić information content (AvgIpc) is 1.87. The van der Waals surface area contributed by atoms with Crippen LogP contribution < -0.4 is 0 Å². The summed E-state index contributed by atoms with van der Waals surface area (Å²) in [5.74, 6) is -1.68. The van der Waals surface area contributed by atoms with Gasteiger partial charge in [-0.05, 0) is 0 Å². The minimum absolute atomic E-state index is 0.0718. The smallest absolute Gasteiger partial charge is 0.306 e. The molecule has 0 unspecified atom stereocenters. The van der Waals surface area contributed by atoms with Gasteiger partial charge in [-0.3, -0.25) is 9.59 Å². The molecule has 0 bridgehead atoms. The van der Waals surface area contributed by atoms with E-state index in [1.807, 2.05) is 0 Å². The van der Waals surface area contributed by atoms with Gasteiger partial charge in [0.1, 0.15) is 0 Å². The molecule has 0 aromatic heterocycles. The normalized spacial score (nSPS) is 12.3. The van der Waals surface area contributed by atoms with Gasteiger partial charge in [-0.15, -0.1) is 0 Å². The molecule has 0 saturated heterocycles. The third-order valence-corrected chi connectivity index (χ3v) is 1.40. The Bertz CT molecular complexity index is 165. The first-order valence-corrected chi connectivity index (χ1v) is 3.38. The second kappa shape index (κ2) is 3.95. The third kappa shape index (κ3) is 3.60. The van der Waals surface area contributed by atoms with Crippen molar-refractivity contribution < 1.29 is 14.7 Å². The van der Waals surface area contributed by atoms with Gasteiger partial charge in [-0.1, -0.05) is 6.92 Å². The number of amides is 1. The Hall–Kier alpha value is -1.06. The number of nitrogens with zero attached hydrogens (tertiary/aromatic N) is 1. The molecule has 0 aromatic carbocycles. The van der Waals surface area contributed by atoms with E-state index in [9.17, 15) is 9.59 Å². The zero-order valence-corrected chi connectivity index (χ0v) is 7.00. The minimum Gasteiger partial charge on any atom is -0.481 e. The van der Waals surface area contributed by atoms with Gasteiger partial charge >= 0.3 is 5.97 Å². The van der Waals surface area contributed by atoms with Crippen LogP contribution in [0.25, 0.3) is 0 Å². The maximum Gasteiger partial charge on any atom is 0.306 e. The van der Waals surface area contributed by atoms with Gasteiger partial charge in [0.2, 0.25) is 5.91 Å². The Morgan fingerprint density at radius 1 is 1.45 bits per heavy atom. The Morgan fingerprint density at radius 2 is 1.91 bits per heavy atom. The van der Waals surface area contributed by atoms with Crippen molar-refractivity contribution in [3.63, 3.8) is 0 Å². The van der Waals surface area contributed by atoms with Crippen molar-refractivity contribution in [3.05, 3.63) is 0 Å². The minimum atomic E-state index is -0.930. The molecule has 11 heavy (non-hydrogen) atoms. The SMILES string of the molecule is C[C@@H](CC(=O)N(C)C)C(=O)O. The highest BCUT2D eigenvalue weighted by Crippen LogP contribution is 2.02. The molecule has 1 atom stereocenters. The van der Waals surface area contributed by atoms with E-state index in [0.29, 0.717) is 0 Å². The van der Waals surface area contributed by atoms with Crippen molar-refractivity contribution in [1.29, 1.82) is 0 Å². The lowest BCUT2D eigenvalue weighted by Crippen LogP contribution is -2.25. The molecule has 0 aliphatic heterocycles. The largest absolute Gasteiger partial charge is 0.481 e. The van der Waals surface area contributed by atoms with Crippen LogP contribution in [0.2, 0.25) is 0 Å². The molecule has 0 aliphatic carbocycles. The number of carbonyl (C=O) groups excluding carboxylic acids is 1. The molecule has 0 fully saturated rings. The molecular weight excluding hydrogens is 146 g/mol. The van der Waals surface area contributed by atoms with Gasteiger partial charge in [0.15, 0.2) is 0 Å². The van der Waals surface area contributed by atoms with E-state index >= 15 is 0 Å². The van der Waals surface area contributed by atoms with E-state index < -0.39 is 11.9 Å². The van der Waals surface area contributed by atoms with E-state index in [1.54, 1.807) is 14.1 Å². The predicted octanol–water partition coefficient (Wildman–Crippen LogP) is 0.185. The summed E-state index contributed by atoms with van der Waals surface area (Å²) >= 11 is 0. The Balaban J connectivity index is 3.85. The second-order valence-corrected chi connectivity index (χ2v) is 2.73. The standard InChI is InChI=1S/C7H13NO3/c1-5(7(10)11)4-6(9)8(2)3/h5H,4H2,1-3H3,(H,10,11)/t5-/m0/s1. The van der Waals surface area contributed by atoms with Crippen molar-refractivity contribution in [2.75, 3.05) is 14.1 Å². The Morgan fingerprint density at radius 3 is 2.18 bits per heavy atom. The summed E-state index contributed by atoms with van der Waals surface area (Å²) in [4.78, 5) is 22.6. The fraction of sp³-hybridized carbons (Fsp3) is 0.714. The average molecular weight is 159 g/mol. The zero-order chi connectivity index (χ0) is 9.02. The maximum absolute atomic E-state index is 10.9.